The molecular formula is C24H24N8O. The lowest BCUT2D eigenvalue weighted by Crippen LogP contribution is -2.47. The zero-order chi connectivity index (χ0) is 22.5. The van der Waals surface area contributed by atoms with Crippen molar-refractivity contribution < 1.29 is 4.79 Å². The Kier molecular flexibility index (Phi) is 4.51. The third-order valence-corrected chi connectivity index (χ3v) is 6.42. The molecule has 1 saturated heterocycles. The Balaban J connectivity index is 1.40. The maximum atomic E-state index is 13.2. The highest BCUT2D eigenvalue weighted by atomic mass is 16.2. The van der Waals surface area contributed by atoms with Crippen LogP contribution in [0.15, 0.2) is 55.4 Å². The minimum absolute atomic E-state index is 0.0368. The van der Waals surface area contributed by atoms with Gasteiger partial charge < -0.3 is 14.8 Å². The average Bonchev–Trinajstić information content (AvgIpc) is 3.56. The molecule has 166 valence electrons. The number of amides is 1. The fourth-order valence-electron chi connectivity index (χ4n) is 4.46. The van der Waals surface area contributed by atoms with Crippen LogP contribution in [-0.2, 0) is 7.05 Å². The van der Waals surface area contributed by atoms with Gasteiger partial charge in [0.1, 0.15) is 5.65 Å². The van der Waals surface area contributed by atoms with Crippen LogP contribution in [0.4, 0.5) is 0 Å². The Morgan fingerprint density at radius 1 is 0.970 bits per heavy atom. The average molecular weight is 441 g/mol. The number of aromatic amines is 1. The van der Waals surface area contributed by atoms with Gasteiger partial charge in [-0.3, -0.25) is 9.48 Å². The van der Waals surface area contributed by atoms with Crippen LogP contribution in [0.5, 0.6) is 0 Å². The molecule has 9 heteroatoms. The second kappa shape index (κ2) is 7.56. The number of carbonyl (C=O) groups excluding carboxylic acids is 1. The number of rotatable bonds is 3. The summed E-state index contributed by atoms with van der Waals surface area (Å²) in [6, 6.07) is 6.18. The van der Waals surface area contributed by atoms with Crippen LogP contribution in [0.2, 0.25) is 0 Å². The summed E-state index contributed by atoms with van der Waals surface area (Å²) in [5.41, 5.74) is 6.33. The first-order valence-electron chi connectivity index (χ1n) is 11.0. The van der Waals surface area contributed by atoms with Gasteiger partial charge in [0.15, 0.2) is 0 Å². The molecule has 0 radical (unpaired) electrons. The lowest BCUT2D eigenvalue weighted by Gasteiger charge is -2.32. The Bertz CT molecular complexity index is 1480. The lowest BCUT2D eigenvalue weighted by atomic mass is 10.0. The molecule has 5 aromatic rings. The van der Waals surface area contributed by atoms with E-state index in [1.54, 1.807) is 15.4 Å². The molecule has 0 bridgehead atoms. The summed E-state index contributed by atoms with van der Waals surface area (Å²) >= 11 is 0. The predicted octanol–water partition coefficient (Wildman–Crippen LogP) is 2.67. The van der Waals surface area contributed by atoms with Gasteiger partial charge in [0.2, 0.25) is 0 Å². The molecule has 1 aliphatic heterocycles. The van der Waals surface area contributed by atoms with Gasteiger partial charge in [-0.15, -0.1) is 0 Å². The molecule has 0 aliphatic carbocycles. The van der Waals surface area contributed by atoms with Crippen LogP contribution in [-0.4, -0.2) is 78.3 Å². The molecule has 0 aromatic carbocycles. The first-order valence-corrected chi connectivity index (χ1v) is 11.0. The molecule has 0 atom stereocenters. The normalized spacial score (nSPS) is 15.0. The quantitative estimate of drug-likeness (QED) is 0.466. The highest BCUT2D eigenvalue weighted by Gasteiger charge is 2.23. The first-order chi connectivity index (χ1) is 16.1. The van der Waals surface area contributed by atoms with E-state index >= 15 is 0 Å². The topological polar surface area (TPSA) is 87.3 Å². The van der Waals surface area contributed by atoms with Gasteiger partial charge in [0, 0.05) is 80.1 Å². The third-order valence-electron chi connectivity index (χ3n) is 6.42. The van der Waals surface area contributed by atoms with Crippen LogP contribution in [0, 0.1) is 0 Å². The van der Waals surface area contributed by atoms with Gasteiger partial charge in [-0.1, -0.05) is 0 Å². The van der Waals surface area contributed by atoms with Gasteiger partial charge in [-0.2, -0.15) is 10.2 Å². The van der Waals surface area contributed by atoms with Gasteiger partial charge in [-0.05, 0) is 30.8 Å². The lowest BCUT2D eigenvalue weighted by molar-refractivity contribution is 0.0666. The van der Waals surface area contributed by atoms with E-state index in [4.69, 9.17) is 0 Å². The number of pyridine rings is 2. The van der Waals surface area contributed by atoms with Crippen molar-refractivity contribution in [3.63, 3.8) is 0 Å². The number of likely N-dealkylation sites (N-methyl/N-ethyl adjacent to an activating group) is 1. The van der Waals surface area contributed by atoms with Crippen molar-refractivity contribution in [2.45, 2.75) is 0 Å². The molecule has 5 aromatic heterocycles. The van der Waals surface area contributed by atoms with Crippen molar-refractivity contribution >= 4 is 22.5 Å². The molecule has 6 rings (SSSR count). The van der Waals surface area contributed by atoms with Crippen LogP contribution in [0.3, 0.4) is 0 Å². The van der Waals surface area contributed by atoms with E-state index in [1.165, 1.54) is 0 Å². The summed E-state index contributed by atoms with van der Waals surface area (Å²) in [7, 11) is 3.98. The molecule has 6 heterocycles. The zero-order valence-electron chi connectivity index (χ0n) is 18.6. The van der Waals surface area contributed by atoms with Gasteiger partial charge in [0.25, 0.3) is 5.91 Å². The van der Waals surface area contributed by atoms with E-state index < -0.39 is 0 Å². The van der Waals surface area contributed by atoms with Crippen molar-refractivity contribution in [3.05, 3.63) is 60.9 Å². The monoisotopic (exact) mass is 440 g/mol. The number of aromatic nitrogens is 6. The smallest absolute Gasteiger partial charge is 0.257 e. The molecule has 1 fully saturated rings. The number of nitrogens with zero attached hydrogens (tertiary/aromatic N) is 7. The maximum absolute atomic E-state index is 13.2. The first kappa shape index (κ1) is 19.7. The van der Waals surface area contributed by atoms with E-state index in [9.17, 15) is 4.79 Å². The van der Waals surface area contributed by atoms with E-state index in [2.05, 4.69) is 38.2 Å². The largest absolute Gasteiger partial charge is 0.346 e. The SMILES string of the molecule is CN1CCN(C(=O)c2cnn3ccc(-c4c[nH]c5ncc(-c6cnn(C)c6)cc45)cc23)CC1. The molecule has 0 unspecified atom stereocenters. The number of nitrogens with one attached hydrogen (secondary N) is 1. The summed E-state index contributed by atoms with van der Waals surface area (Å²) in [4.78, 5) is 25.3. The van der Waals surface area contributed by atoms with Crippen LogP contribution in [0.1, 0.15) is 10.4 Å². The number of fused-ring (bicyclic) bond motifs is 2. The minimum Gasteiger partial charge on any atom is -0.346 e. The number of H-pyrrole nitrogens is 1. The number of hydrogen-bond acceptors (Lipinski definition) is 5. The molecule has 0 saturated carbocycles. The van der Waals surface area contributed by atoms with Crippen molar-refractivity contribution in [1.29, 1.82) is 0 Å². The zero-order valence-corrected chi connectivity index (χ0v) is 18.6. The van der Waals surface area contributed by atoms with Crippen LogP contribution in [0.25, 0.3) is 38.8 Å². The van der Waals surface area contributed by atoms with Crippen molar-refractivity contribution in [1.82, 2.24) is 39.2 Å². The van der Waals surface area contributed by atoms with Gasteiger partial charge in [-0.25, -0.2) is 9.50 Å². The Morgan fingerprint density at radius 2 is 1.82 bits per heavy atom. The molecule has 33 heavy (non-hydrogen) atoms. The van der Waals surface area contributed by atoms with Crippen LogP contribution >= 0.6 is 0 Å². The molecule has 0 spiro atoms. The second-order valence-electron chi connectivity index (χ2n) is 8.62. The number of carbonyl (C=O) groups is 1. The summed E-state index contributed by atoms with van der Waals surface area (Å²) in [6.07, 6.45) is 11.2. The van der Waals surface area contributed by atoms with Crippen LogP contribution < -0.4 is 0 Å². The molecule has 1 amide bonds. The van der Waals surface area contributed by atoms with E-state index in [0.717, 1.165) is 65.0 Å². The summed E-state index contributed by atoms with van der Waals surface area (Å²) in [5, 5.41) is 9.71. The fraction of sp³-hybridized carbons (Fsp3) is 0.250. The second-order valence-corrected chi connectivity index (χ2v) is 8.62. The highest BCUT2D eigenvalue weighted by Crippen LogP contribution is 2.32. The van der Waals surface area contributed by atoms with Gasteiger partial charge in [0.05, 0.1) is 23.5 Å². The summed E-state index contributed by atoms with van der Waals surface area (Å²) in [6.45, 7) is 3.24. The summed E-state index contributed by atoms with van der Waals surface area (Å²) < 4.78 is 3.55. The Morgan fingerprint density at radius 3 is 2.61 bits per heavy atom. The van der Waals surface area contributed by atoms with Crippen molar-refractivity contribution in [3.8, 4) is 22.3 Å². The predicted molar refractivity (Wildman–Crippen MR) is 126 cm³/mol. The standard InChI is InChI=1S/C24H24N8O/c1-29-5-7-31(8-6-29)24(33)21-14-28-32-4-3-16(10-22(21)32)20-13-26-23-19(20)9-17(11-25-23)18-12-27-30(2)15-18/h3-4,9-15H,5-8H2,1-2H3,(H,25,26). The summed E-state index contributed by atoms with van der Waals surface area (Å²) in [5.74, 6) is 0.0368. The number of hydrogen-bond donors (Lipinski definition) is 1. The third kappa shape index (κ3) is 3.37. The molecule has 1 aliphatic rings. The number of aryl methyl sites for hydroxylation is 1. The number of piperazine rings is 1. The maximum Gasteiger partial charge on any atom is 0.257 e. The molecule has 1 N–H and O–H groups in total. The van der Waals surface area contributed by atoms with E-state index in [0.29, 0.717) is 5.56 Å². The van der Waals surface area contributed by atoms with E-state index in [-0.39, 0.29) is 5.91 Å². The minimum atomic E-state index is 0.0368. The van der Waals surface area contributed by atoms with E-state index in [1.807, 2.05) is 55.1 Å². The Hall–Kier alpha value is -3.98. The molecule has 9 nitrogen and oxygen atoms in total. The van der Waals surface area contributed by atoms with Crippen molar-refractivity contribution in [2.24, 2.45) is 7.05 Å². The van der Waals surface area contributed by atoms with Crippen molar-refractivity contribution in [2.75, 3.05) is 33.2 Å². The Labute approximate surface area is 190 Å². The highest BCUT2D eigenvalue weighted by molar-refractivity contribution is 6.02. The molecular weight excluding hydrogens is 416 g/mol. The fourth-order valence-corrected chi connectivity index (χ4v) is 4.46. The van der Waals surface area contributed by atoms with Gasteiger partial charge >= 0.3 is 0 Å².